The van der Waals surface area contributed by atoms with Crippen LogP contribution in [0.5, 0.6) is 0 Å². The zero-order valence-corrected chi connectivity index (χ0v) is 7.44. The summed E-state index contributed by atoms with van der Waals surface area (Å²) in [5, 5.41) is 10.1. The molecule has 6 heteroatoms. The van der Waals surface area contributed by atoms with Crippen LogP contribution >= 0.6 is 0 Å². The van der Waals surface area contributed by atoms with Crippen LogP contribution in [0.4, 0.5) is 10.1 Å². The van der Waals surface area contributed by atoms with Crippen molar-refractivity contribution >= 4 is 12.0 Å². The van der Waals surface area contributed by atoms with Crippen molar-refractivity contribution in [1.29, 1.82) is 0 Å². The molecular formula is C8H9FN2O3. The molecular weight excluding hydrogens is 191 g/mol. The van der Waals surface area contributed by atoms with E-state index in [9.17, 15) is 19.3 Å². The summed E-state index contributed by atoms with van der Waals surface area (Å²) >= 11 is 0. The molecule has 1 aromatic rings. The number of hydrogen-bond acceptors (Lipinski definition) is 4. The Hall–Kier alpha value is -1.82. The maximum atomic E-state index is 12.6. The Bertz CT molecular complexity index is 341. The van der Waals surface area contributed by atoms with Crippen molar-refractivity contribution < 1.29 is 14.1 Å². The Labute approximate surface area is 79.5 Å². The van der Waals surface area contributed by atoms with Gasteiger partial charge in [-0.05, 0) is 19.2 Å². The van der Waals surface area contributed by atoms with Crippen LogP contribution in [0.2, 0.25) is 0 Å². The highest BCUT2D eigenvalue weighted by Crippen LogP contribution is 2.17. The Balaban J connectivity index is 0.000000791. The number of halogens is 1. The molecule has 0 aromatic heterocycles. The quantitative estimate of drug-likeness (QED) is 0.440. The van der Waals surface area contributed by atoms with Crippen molar-refractivity contribution in [1.82, 2.24) is 0 Å². The van der Waals surface area contributed by atoms with Gasteiger partial charge in [0.1, 0.15) is 6.29 Å². The lowest BCUT2D eigenvalue weighted by Gasteiger charge is -1.93. The van der Waals surface area contributed by atoms with Crippen LogP contribution in [0.25, 0.3) is 0 Å². The highest BCUT2D eigenvalue weighted by Gasteiger charge is 2.13. The number of carbonyl (C=O) groups is 1. The van der Waals surface area contributed by atoms with E-state index in [1.165, 1.54) is 13.1 Å². The van der Waals surface area contributed by atoms with E-state index in [-0.39, 0.29) is 5.56 Å². The summed E-state index contributed by atoms with van der Waals surface area (Å²) < 4.78 is 12.6. The molecule has 0 fully saturated rings. The van der Waals surface area contributed by atoms with Crippen LogP contribution in [-0.4, -0.2) is 18.3 Å². The number of carbonyl (C=O) groups excluding carboxylic acids is 1. The van der Waals surface area contributed by atoms with Crippen molar-refractivity contribution in [3.8, 4) is 0 Å². The summed E-state index contributed by atoms with van der Waals surface area (Å²) in [6.07, 6.45) is 0.423. The number of nitro benzene ring substituents is 1. The van der Waals surface area contributed by atoms with Gasteiger partial charge in [-0.15, -0.1) is 0 Å². The van der Waals surface area contributed by atoms with Crippen LogP contribution in [0.15, 0.2) is 18.2 Å². The van der Waals surface area contributed by atoms with Crippen molar-refractivity contribution in [2.24, 2.45) is 5.73 Å². The predicted molar refractivity (Wildman–Crippen MR) is 48.6 cm³/mol. The van der Waals surface area contributed by atoms with E-state index in [2.05, 4.69) is 5.73 Å². The second kappa shape index (κ2) is 5.76. The maximum absolute atomic E-state index is 12.6. The minimum absolute atomic E-state index is 0.0862. The predicted octanol–water partition coefficient (Wildman–Crippen LogP) is 1.12. The summed E-state index contributed by atoms with van der Waals surface area (Å²) in [7, 11) is 1.50. The van der Waals surface area contributed by atoms with Gasteiger partial charge in [-0.1, -0.05) is 0 Å². The molecule has 0 saturated carbocycles. The normalized spacial score (nSPS) is 8.50. The van der Waals surface area contributed by atoms with E-state index in [0.29, 0.717) is 6.29 Å². The van der Waals surface area contributed by atoms with E-state index < -0.39 is 16.4 Å². The number of rotatable bonds is 2. The average Bonchev–Trinajstić information content (AvgIpc) is 2.21. The highest BCUT2D eigenvalue weighted by atomic mass is 19.1. The number of aldehydes is 1. The maximum Gasteiger partial charge on any atom is 0.305 e. The zero-order chi connectivity index (χ0) is 11.1. The molecule has 0 radical (unpaired) electrons. The van der Waals surface area contributed by atoms with Crippen LogP contribution in [0, 0.1) is 15.9 Å². The monoisotopic (exact) mass is 200 g/mol. The minimum Gasteiger partial charge on any atom is -0.333 e. The molecule has 0 aliphatic heterocycles. The van der Waals surface area contributed by atoms with Gasteiger partial charge in [-0.25, -0.2) is 0 Å². The fourth-order valence-corrected chi connectivity index (χ4v) is 0.743. The zero-order valence-electron chi connectivity index (χ0n) is 7.44. The van der Waals surface area contributed by atoms with Crippen LogP contribution in [-0.2, 0) is 0 Å². The van der Waals surface area contributed by atoms with Crippen molar-refractivity contribution in [3.63, 3.8) is 0 Å². The minimum atomic E-state index is -0.939. The van der Waals surface area contributed by atoms with Gasteiger partial charge in [0.05, 0.1) is 4.92 Å². The largest absolute Gasteiger partial charge is 0.333 e. The van der Waals surface area contributed by atoms with Gasteiger partial charge in [0.25, 0.3) is 0 Å². The molecule has 0 aliphatic carbocycles. The first kappa shape index (κ1) is 12.2. The van der Waals surface area contributed by atoms with E-state index >= 15 is 0 Å². The number of hydrogen-bond donors (Lipinski definition) is 1. The number of benzene rings is 1. The third kappa shape index (κ3) is 2.91. The second-order valence-corrected chi connectivity index (χ2v) is 2.09. The summed E-state index contributed by atoms with van der Waals surface area (Å²) in [5.41, 5.74) is 3.91. The summed E-state index contributed by atoms with van der Waals surface area (Å²) in [6.45, 7) is 0. The van der Waals surface area contributed by atoms with Gasteiger partial charge in [0, 0.05) is 11.6 Å². The van der Waals surface area contributed by atoms with E-state index in [0.717, 1.165) is 12.1 Å². The summed E-state index contributed by atoms with van der Waals surface area (Å²) in [6, 6.07) is 2.96. The van der Waals surface area contributed by atoms with Crippen LogP contribution < -0.4 is 5.73 Å². The first-order valence-corrected chi connectivity index (χ1v) is 3.62. The Morgan fingerprint density at radius 2 is 2.07 bits per heavy atom. The van der Waals surface area contributed by atoms with Crippen molar-refractivity contribution in [3.05, 3.63) is 39.7 Å². The summed E-state index contributed by atoms with van der Waals surface area (Å²) in [5.74, 6) is -0.939. The lowest BCUT2D eigenvalue weighted by molar-refractivity contribution is -0.387. The second-order valence-electron chi connectivity index (χ2n) is 2.09. The number of nitro groups is 1. The van der Waals surface area contributed by atoms with Crippen molar-refractivity contribution in [2.75, 3.05) is 7.05 Å². The third-order valence-corrected chi connectivity index (χ3v) is 1.30. The lowest BCUT2D eigenvalue weighted by atomic mass is 10.2. The lowest BCUT2D eigenvalue weighted by Crippen LogP contribution is -1.93. The van der Waals surface area contributed by atoms with Crippen LogP contribution in [0.3, 0.4) is 0 Å². The van der Waals surface area contributed by atoms with Gasteiger partial charge in [0.15, 0.2) is 0 Å². The van der Waals surface area contributed by atoms with E-state index in [1.54, 1.807) is 0 Å². The van der Waals surface area contributed by atoms with Gasteiger partial charge in [-0.3, -0.25) is 14.9 Å². The first-order chi connectivity index (χ1) is 6.65. The molecule has 1 aromatic carbocycles. The molecule has 1 rings (SSSR count). The Morgan fingerprint density at radius 1 is 1.50 bits per heavy atom. The molecule has 0 bridgehead atoms. The summed E-state index contributed by atoms with van der Waals surface area (Å²) in [4.78, 5) is 19.4. The molecule has 0 amide bonds. The molecule has 76 valence electrons. The molecule has 0 atom stereocenters. The van der Waals surface area contributed by atoms with Gasteiger partial charge in [0.2, 0.25) is 5.82 Å². The number of nitrogens with two attached hydrogens (primary N) is 1. The SMILES string of the molecule is CN.O=Cc1ccc(F)c([N+](=O)[O-])c1. The molecule has 0 aliphatic rings. The molecule has 0 heterocycles. The van der Waals surface area contributed by atoms with E-state index in [1.807, 2.05) is 0 Å². The van der Waals surface area contributed by atoms with Gasteiger partial charge in [-0.2, -0.15) is 4.39 Å². The van der Waals surface area contributed by atoms with Gasteiger partial charge >= 0.3 is 5.69 Å². The van der Waals surface area contributed by atoms with E-state index in [4.69, 9.17) is 0 Å². The Kier molecular flexibility index (Phi) is 5.01. The molecule has 2 N–H and O–H groups in total. The Morgan fingerprint density at radius 3 is 2.50 bits per heavy atom. The fourth-order valence-electron chi connectivity index (χ4n) is 0.743. The molecule has 0 saturated heterocycles. The number of nitrogens with zero attached hydrogens (tertiary/aromatic N) is 1. The first-order valence-electron chi connectivity index (χ1n) is 3.62. The molecule has 0 unspecified atom stereocenters. The van der Waals surface area contributed by atoms with Crippen LogP contribution in [0.1, 0.15) is 10.4 Å². The van der Waals surface area contributed by atoms with Crippen molar-refractivity contribution in [2.45, 2.75) is 0 Å². The standard InChI is InChI=1S/C7H4FNO3.CH5N/c8-6-2-1-5(4-10)3-7(6)9(11)12;1-2/h1-4H;2H2,1H3. The smallest absolute Gasteiger partial charge is 0.305 e. The molecule has 0 spiro atoms. The molecule has 5 nitrogen and oxygen atoms in total. The third-order valence-electron chi connectivity index (χ3n) is 1.30. The van der Waals surface area contributed by atoms with Gasteiger partial charge < -0.3 is 5.73 Å². The topological polar surface area (TPSA) is 86.2 Å². The molecule has 14 heavy (non-hydrogen) atoms. The average molecular weight is 200 g/mol. The highest BCUT2D eigenvalue weighted by molar-refractivity contribution is 5.76. The fraction of sp³-hybridized carbons (Fsp3) is 0.125.